The Kier molecular flexibility index (Phi) is 7.94. The summed E-state index contributed by atoms with van der Waals surface area (Å²) in [5.74, 6) is 2.07. The summed E-state index contributed by atoms with van der Waals surface area (Å²) in [6, 6.07) is 11.0. The zero-order valence-electron chi connectivity index (χ0n) is 18.3. The lowest BCUT2D eigenvalue weighted by molar-refractivity contribution is 0.0729. The van der Waals surface area contributed by atoms with E-state index in [2.05, 4.69) is 20.9 Å². The minimum absolute atomic E-state index is 0.337. The molecule has 0 radical (unpaired) electrons. The molecule has 0 atom stereocenters. The lowest BCUT2D eigenvalue weighted by Gasteiger charge is -2.14. The van der Waals surface area contributed by atoms with Crippen LogP contribution in [0.15, 0.2) is 53.3 Å². The molecule has 8 heteroatoms. The van der Waals surface area contributed by atoms with Crippen molar-refractivity contribution in [3.63, 3.8) is 0 Å². The number of ether oxygens (including phenoxy) is 5. The minimum Gasteiger partial charge on any atom is -0.493 e. The summed E-state index contributed by atoms with van der Waals surface area (Å²) in [5, 5.41) is 0. The first-order chi connectivity index (χ1) is 15.5. The van der Waals surface area contributed by atoms with Gasteiger partial charge in [-0.2, -0.15) is 0 Å². The van der Waals surface area contributed by atoms with Crippen molar-refractivity contribution in [1.82, 2.24) is 4.98 Å². The monoisotopic (exact) mass is 501 g/mol. The van der Waals surface area contributed by atoms with Crippen LogP contribution in [0.1, 0.15) is 21.5 Å². The predicted molar refractivity (Wildman–Crippen MR) is 123 cm³/mol. The molecule has 2 aromatic carbocycles. The van der Waals surface area contributed by atoms with Gasteiger partial charge in [0.15, 0.2) is 23.0 Å². The number of carbonyl (C=O) groups is 1. The van der Waals surface area contributed by atoms with Crippen molar-refractivity contribution in [3.8, 4) is 28.7 Å². The smallest absolute Gasteiger partial charge is 0.345 e. The summed E-state index contributed by atoms with van der Waals surface area (Å²) in [6.07, 6.45) is 4.46. The second-order valence-corrected chi connectivity index (χ2v) is 7.72. The minimum atomic E-state index is -0.515. The Labute approximate surface area is 195 Å². The molecule has 0 unspecified atom stereocenters. The lowest BCUT2D eigenvalue weighted by Crippen LogP contribution is -2.10. The van der Waals surface area contributed by atoms with Crippen LogP contribution in [0.25, 0.3) is 0 Å². The fourth-order valence-electron chi connectivity index (χ4n) is 3.21. The molecule has 0 N–H and O–H groups in total. The van der Waals surface area contributed by atoms with Crippen LogP contribution in [0.2, 0.25) is 0 Å². The maximum Gasteiger partial charge on any atom is 0.345 e. The Morgan fingerprint density at radius 2 is 1.41 bits per heavy atom. The number of hydrogen-bond acceptors (Lipinski definition) is 7. The van der Waals surface area contributed by atoms with Crippen molar-refractivity contribution < 1.29 is 28.5 Å². The van der Waals surface area contributed by atoms with Crippen LogP contribution in [-0.4, -0.2) is 39.4 Å². The molecular weight excluding hydrogens is 478 g/mol. The summed E-state index contributed by atoms with van der Waals surface area (Å²) in [7, 11) is 6.28. The van der Waals surface area contributed by atoms with Crippen LogP contribution < -0.4 is 23.7 Å². The summed E-state index contributed by atoms with van der Waals surface area (Å²) in [6.45, 7) is 0. The lowest BCUT2D eigenvalue weighted by atomic mass is 10.0. The van der Waals surface area contributed by atoms with E-state index in [1.807, 2.05) is 18.2 Å². The average Bonchev–Trinajstić information content (AvgIpc) is 2.82. The predicted octanol–water partition coefficient (Wildman–Crippen LogP) is 4.88. The van der Waals surface area contributed by atoms with Gasteiger partial charge < -0.3 is 23.7 Å². The first kappa shape index (κ1) is 23.4. The third kappa shape index (κ3) is 5.50. The molecule has 0 saturated heterocycles. The summed E-state index contributed by atoms with van der Waals surface area (Å²) < 4.78 is 27.9. The van der Waals surface area contributed by atoms with E-state index in [0.29, 0.717) is 51.6 Å². The first-order valence-corrected chi connectivity index (χ1v) is 10.6. The molecule has 3 rings (SSSR count). The number of aromatic nitrogens is 1. The molecule has 32 heavy (non-hydrogen) atoms. The topological polar surface area (TPSA) is 76.1 Å². The van der Waals surface area contributed by atoms with E-state index in [0.717, 1.165) is 11.1 Å². The molecule has 0 bridgehead atoms. The second-order valence-electron chi connectivity index (χ2n) is 6.80. The number of esters is 1. The van der Waals surface area contributed by atoms with E-state index in [4.69, 9.17) is 23.7 Å². The summed E-state index contributed by atoms with van der Waals surface area (Å²) >= 11 is 3.31. The van der Waals surface area contributed by atoms with Gasteiger partial charge in [0.05, 0.1) is 34.0 Å². The molecule has 0 aliphatic heterocycles. The van der Waals surface area contributed by atoms with Gasteiger partial charge >= 0.3 is 5.97 Å². The number of carbonyl (C=O) groups excluding carboxylic acids is 1. The molecule has 0 fully saturated rings. The van der Waals surface area contributed by atoms with Crippen LogP contribution in [0, 0.1) is 0 Å². The van der Waals surface area contributed by atoms with Crippen molar-refractivity contribution >= 4 is 21.9 Å². The van der Waals surface area contributed by atoms with E-state index in [1.165, 1.54) is 13.3 Å². The largest absolute Gasteiger partial charge is 0.493 e. The van der Waals surface area contributed by atoms with Gasteiger partial charge in [0, 0.05) is 16.9 Å². The second kappa shape index (κ2) is 10.9. The van der Waals surface area contributed by atoms with Gasteiger partial charge in [0.2, 0.25) is 5.75 Å². The highest BCUT2D eigenvalue weighted by atomic mass is 79.9. The first-order valence-electron chi connectivity index (χ1n) is 9.77. The molecule has 1 heterocycles. The Morgan fingerprint density at radius 3 is 2.00 bits per heavy atom. The van der Waals surface area contributed by atoms with Crippen molar-refractivity contribution in [2.75, 3.05) is 28.4 Å². The highest BCUT2D eigenvalue weighted by Gasteiger charge is 2.16. The van der Waals surface area contributed by atoms with Crippen molar-refractivity contribution in [3.05, 3.63) is 70.0 Å². The van der Waals surface area contributed by atoms with Gasteiger partial charge in [-0.15, -0.1) is 0 Å². The number of benzene rings is 2. The number of methoxy groups -OCH3 is 4. The van der Waals surface area contributed by atoms with E-state index >= 15 is 0 Å². The highest BCUT2D eigenvalue weighted by molar-refractivity contribution is 9.10. The van der Waals surface area contributed by atoms with Gasteiger partial charge in [-0.05, 0) is 70.2 Å². The van der Waals surface area contributed by atoms with Gasteiger partial charge in [0.25, 0.3) is 0 Å². The summed E-state index contributed by atoms with van der Waals surface area (Å²) in [5.41, 5.74) is 2.34. The molecule has 1 aromatic heterocycles. The molecular formula is C24H24BrNO6. The average molecular weight is 502 g/mol. The van der Waals surface area contributed by atoms with Crippen LogP contribution in [0.3, 0.4) is 0 Å². The standard InChI is InChI=1S/C24H24BrNO6/c1-28-19-8-7-15(9-20(19)32-24(27)17-12-18(25)14-26-13-17)5-6-16-10-21(29-2)23(31-4)22(11-16)30-3/h7-14H,5-6H2,1-4H3. The molecule has 0 spiro atoms. The van der Waals surface area contributed by atoms with Crippen LogP contribution in [-0.2, 0) is 12.8 Å². The van der Waals surface area contributed by atoms with Gasteiger partial charge in [-0.25, -0.2) is 4.79 Å². The quantitative estimate of drug-likeness (QED) is 0.305. The van der Waals surface area contributed by atoms with Gasteiger partial charge in [-0.3, -0.25) is 4.98 Å². The fourth-order valence-corrected chi connectivity index (χ4v) is 3.57. The maximum absolute atomic E-state index is 12.5. The van der Waals surface area contributed by atoms with Crippen LogP contribution >= 0.6 is 15.9 Å². The SMILES string of the molecule is COc1ccc(CCc2cc(OC)c(OC)c(OC)c2)cc1OC(=O)c1cncc(Br)c1. The number of aryl methyl sites for hydroxylation is 2. The number of pyridine rings is 1. The van der Waals surface area contributed by atoms with E-state index < -0.39 is 5.97 Å². The van der Waals surface area contributed by atoms with Crippen LogP contribution in [0.5, 0.6) is 28.7 Å². The Bertz CT molecular complexity index is 1080. The maximum atomic E-state index is 12.5. The normalized spacial score (nSPS) is 10.4. The Morgan fingerprint density at radius 1 is 0.781 bits per heavy atom. The third-order valence-electron chi connectivity index (χ3n) is 4.80. The molecule has 0 amide bonds. The van der Waals surface area contributed by atoms with Crippen LogP contribution in [0.4, 0.5) is 0 Å². The fraction of sp³-hybridized carbons (Fsp3) is 0.250. The number of nitrogens with zero attached hydrogens (tertiary/aromatic N) is 1. The van der Waals surface area contributed by atoms with E-state index in [9.17, 15) is 4.79 Å². The van der Waals surface area contributed by atoms with Crippen molar-refractivity contribution in [2.45, 2.75) is 12.8 Å². The molecule has 0 saturated carbocycles. The van der Waals surface area contributed by atoms with E-state index in [1.54, 1.807) is 45.7 Å². The number of hydrogen-bond donors (Lipinski definition) is 0. The third-order valence-corrected chi connectivity index (χ3v) is 5.23. The Hall–Kier alpha value is -3.26. The zero-order chi connectivity index (χ0) is 23.1. The van der Waals surface area contributed by atoms with Gasteiger partial charge in [0.1, 0.15) is 0 Å². The molecule has 0 aliphatic rings. The molecule has 3 aromatic rings. The summed E-state index contributed by atoms with van der Waals surface area (Å²) in [4.78, 5) is 16.6. The number of halogens is 1. The van der Waals surface area contributed by atoms with E-state index in [-0.39, 0.29) is 0 Å². The highest BCUT2D eigenvalue weighted by Crippen LogP contribution is 2.38. The zero-order valence-corrected chi connectivity index (χ0v) is 19.9. The van der Waals surface area contributed by atoms with Gasteiger partial charge in [-0.1, -0.05) is 6.07 Å². The molecule has 7 nitrogen and oxygen atoms in total. The number of rotatable bonds is 9. The molecule has 168 valence electrons. The Balaban J connectivity index is 1.79. The molecule has 0 aliphatic carbocycles. The van der Waals surface area contributed by atoms with Crippen molar-refractivity contribution in [2.24, 2.45) is 0 Å². The van der Waals surface area contributed by atoms with Crippen molar-refractivity contribution in [1.29, 1.82) is 0 Å².